The first-order chi connectivity index (χ1) is 27.4. The molecule has 10 aromatic rings. The molecule has 0 amide bonds. The van der Waals surface area contributed by atoms with E-state index in [1.807, 2.05) is 118 Å². The highest BCUT2D eigenvalue weighted by atomic mass is 19.4. The maximum Gasteiger partial charge on any atom is 0.417 e. The van der Waals surface area contributed by atoms with Crippen LogP contribution in [0.5, 0.6) is 0 Å². The van der Waals surface area contributed by atoms with E-state index in [4.69, 9.17) is 0 Å². The molecule has 0 aliphatic heterocycles. The van der Waals surface area contributed by atoms with Gasteiger partial charge in [0, 0.05) is 27.1 Å². The van der Waals surface area contributed by atoms with Gasteiger partial charge in [-0.2, -0.15) is 18.4 Å². The van der Waals surface area contributed by atoms with Crippen molar-refractivity contribution in [1.29, 1.82) is 5.26 Å². The summed E-state index contributed by atoms with van der Waals surface area (Å²) in [5.41, 5.74) is 8.24. The zero-order valence-electron chi connectivity index (χ0n) is 29.8. The molecule has 0 atom stereocenters. The lowest BCUT2D eigenvalue weighted by atomic mass is 9.95. The standard InChI is InChI=1S/C50H30F3N3/c51-50(52,53)43-20-10-7-17-37(43)42-30-46(55-44-21-11-8-18-38(44)40-25-23-34(27-47(40)55)32-13-3-1-4-14-32)36(31-54)29-49(42)56-45-22-12-9-19-39(45)41-26-24-35(28-48(41)56)33-15-5-2-6-16-33/h1-30H. The van der Waals surface area contributed by atoms with Gasteiger partial charge in [-0.05, 0) is 70.3 Å². The van der Waals surface area contributed by atoms with Crippen LogP contribution in [-0.2, 0) is 6.18 Å². The molecule has 0 N–H and O–H groups in total. The fourth-order valence-electron chi connectivity index (χ4n) is 8.30. The van der Waals surface area contributed by atoms with Crippen molar-refractivity contribution in [3.63, 3.8) is 0 Å². The average molecular weight is 730 g/mol. The van der Waals surface area contributed by atoms with E-state index in [0.717, 1.165) is 71.9 Å². The summed E-state index contributed by atoms with van der Waals surface area (Å²) in [7, 11) is 0. The molecule has 0 aliphatic carbocycles. The molecule has 0 saturated carbocycles. The molecule has 0 spiro atoms. The fraction of sp³-hybridized carbons (Fsp3) is 0.0200. The van der Waals surface area contributed by atoms with Crippen molar-refractivity contribution in [2.24, 2.45) is 0 Å². The normalized spacial score (nSPS) is 11.8. The molecular weight excluding hydrogens is 700 g/mol. The molecule has 8 aromatic carbocycles. The largest absolute Gasteiger partial charge is 0.417 e. The Morgan fingerprint density at radius 2 is 0.857 bits per heavy atom. The van der Waals surface area contributed by atoms with Crippen LogP contribution in [0, 0.1) is 11.3 Å². The van der Waals surface area contributed by atoms with Gasteiger partial charge in [0.05, 0.1) is 44.6 Å². The number of para-hydroxylation sites is 2. The number of rotatable bonds is 5. The Hall–Kier alpha value is -7.36. The molecule has 0 unspecified atom stereocenters. The number of nitriles is 1. The van der Waals surface area contributed by atoms with Gasteiger partial charge in [0.1, 0.15) is 6.07 Å². The van der Waals surface area contributed by atoms with Crippen LogP contribution in [0.15, 0.2) is 182 Å². The van der Waals surface area contributed by atoms with Crippen molar-refractivity contribution in [3.05, 3.63) is 193 Å². The average Bonchev–Trinajstić information content (AvgIpc) is 3.75. The Balaban J connectivity index is 1.34. The second-order valence-electron chi connectivity index (χ2n) is 13.9. The van der Waals surface area contributed by atoms with Crippen LogP contribution < -0.4 is 0 Å². The first-order valence-corrected chi connectivity index (χ1v) is 18.3. The molecule has 2 aromatic heterocycles. The van der Waals surface area contributed by atoms with Crippen molar-refractivity contribution in [2.75, 3.05) is 0 Å². The van der Waals surface area contributed by atoms with Gasteiger partial charge in [-0.25, -0.2) is 0 Å². The predicted octanol–water partition coefficient (Wildman–Crippen LogP) is 13.8. The second-order valence-corrected chi connectivity index (χ2v) is 13.9. The van der Waals surface area contributed by atoms with E-state index < -0.39 is 11.7 Å². The van der Waals surface area contributed by atoms with Crippen molar-refractivity contribution in [1.82, 2.24) is 9.13 Å². The van der Waals surface area contributed by atoms with Gasteiger partial charge in [0.2, 0.25) is 0 Å². The minimum atomic E-state index is -4.64. The highest BCUT2D eigenvalue weighted by molar-refractivity contribution is 6.12. The number of hydrogen-bond acceptors (Lipinski definition) is 1. The Kier molecular flexibility index (Phi) is 7.65. The number of aromatic nitrogens is 2. The summed E-state index contributed by atoms with van der Waals surface area (Å²) in [6, 6.07) is 60.1. The molecular formula is C50H30F3N3. The zero-order chi connectivity index (χ0) is 38.0. The number of hydrogen-bond donors (Lipinski definition) is 0. The van der Waals surface area contributed by atoms with Gasteiger partial charge >= 0.3 is 6.18 Å². The number of fused-ring (bicyclic) bond motifs is 6. The molecule has 10 rings (SSSR count). The Morgan fingerprint density at radius 1 is 0.393 bits per heavy atom. The fourth-order valence-corrected chi connectivity index (χ4v) is 8.30. The van der Waals surface area contributed by atoms with Crippen LogP contribution in [-0.4, -0.2) is 9.13 Å². The van der Waals surface area contributed by atoms with Crippen LogP contribution in [0.1, 0.15) is 11.1 Å². The Bertz CT molecular complexity index is 3180. The summed E-state index contributed by atoms with van der Waals surface area (Å²) in [4.78, 5) is 0. The van der Waals surface area contributed by atoms with Gasteiger partial charge in [0.25, 0.3) is 0 Å². The smallest absolute Gasteiger partial charge is 0.309 e. The molecule has 2 heterocycles. The van der Waals surface area contributed by atoms with E-state index in [2.05, 4.69) is 42.5 Å². The molecule has 6 heteroatoms. The van der Waals surface area contributed by atoms with Gasteiger partial charge in [-0.3, -0.25) is 0 Å². The molecule has 266 valence electrons. The highest BCUT2D eigenvalue weighted by Crippen LogP contribution is 2.45. The first kappa shape index (κ1) is 33.2. The SMILES string of the molecule is N#Cc1cc(-n2c3ccccc3c3ccc(-c4ccccc4)cc32)c(-c2ccccc2C(F)(F)F)cc1-n1c2ccccc2c2ccc(-c3ccccc3)cc21. The number of halogens is 3. The van der Waals surface area contributed by atoms with Gasteiger partial charge in [-0.1, -0.05) is 140 Å². The summed E-state index contributed by atoms with van der Waals surface area (Å²) in [5.74, 6) is 0. The lowest BCUT2D eigenvalue weighted by Gasteiger charge is -2.21. The van der Waals surface area contributed by atoms with Crippen molar-refractivity contribution >= 4 is 43.6 Å². The van der Waals surface area contributed by atoms with Crippen molar-refractivity contribution in [3.8, 4) is 50.8 Å². The topological polar surface area (TPSA) is 33.6 Å². The number of benzene rings is 8. The van der Waals surface area contributed by atoms with Crippen LogP contribution in [0.3, 0.4) is 0 Å². The van der Waals surface area contributed by atoms with E-state index in [0.29, 0.717) is 22.5 Å². The third-order valence-electron chi connectivity index (χ3n) is 10.8. The second kappa shape index (κ2) is 12.9. The first-order valence-electron chi connectivity index (χ1n) is 18.3. The molecule has 0 fully saturated rings. The molecule has 0 radical (unpaired) electrons. The minimum absolute atomic E-state index is 0.0247. The monoisotopic (exact) mass is 729 g/mol. The quantitative estimate of drug-likeness (QED) is 0.174. The van der Waals surface area contributed by atoms with E-state index >= 15 is 13.2 Å². The van der Waals surface area contributed by atoms with Crippen LogP contribution in [0.4, 0.5) is 13.2 Å². The molecule has 3 nitrogen and oxygen atoms in total. The van der Waals surface area contributed by atoms with Gasteiger partial charge in [0.15, 0.2) is 0 Å². The summed E-state index contributed by atoms with van der Waals surface area (Å²) in [5, 5.41) is 14.9. The number of nitrogens with zero attached hydrogens (tertiary/aromatic N) is 3. The molecule has 0 aliphatic rings. The van der Waals surface area contributed by atoms with Crippen molar-refractivity contribution in [2.45, 2.75) is 6.18 Å². The summed E-state index contributed by atoms with van der Waals surface area (Å²) < 4.78 is 49.1. The van der Waals surface area contributed by atoms with Crippen molar-refractivity contribution < 1.29 is 13.2 Å². The predicted molar refractivity (Wildman–Crippen MR) is 221 cm³/mol. The maximum atomic E-state index is 15.0. The Labute approximate surface area is 320 Å². The summed E-state index contributed by atoms with van der Waals surface area (Å²) >= 11 is 0. The molecule has 0 bridgehead atoms. The van der Waals surface area contributed by atoms with Crippen LogP contribution >= 0.6 is 0 Å². The van der Waals surface area contributed by atoms with E-state index in [9.17, 15) is 5.26 Å². The molecule has 0 saturated heterocycles. The minimum Gasteiger partial charge on any atom is -0.309 e. The lowest BCUT2D eigenvalue weighted by Crippen LogP contribution is -2.09. The van der Waals surface area contributed by atoms with E-state index in [1.165, 1.54) is 12.1 Å². The zero-order valence-corrected chi connectivity index (χ0v) is 29.8. The summed E-state index contributed by atoms with van der Waals surface area (Å²) in [6.07, 6.45) is -4.64. The highest BCUT2D eigenvalue weighted by Gasteiger charge is 2.34. The van der Waals surface area contributed by atoms with Gasteiger partial charge in [-0.15, -0.1) is 0 Å². The number of alkyl halides is 3. The van der Waals surface area contributed by atoms with Crippen LogP contribution in [0.25, 0.3) is 88.4 Å². The molecule has 56 heavy (non-hydrogen) atoms. The third-order valence-corrected chi connectivity index (χ3v) is 10.8. The lowest BCUT2D eigenvalue weighted by molar-refractivity contribution is -0.137. The third kappa shape index (κ3) is 5.28. The summed E-state index contributed by atoms with van der Waals surface area (Å²) in [6.45, 7) is 0. The van der Waals surface area contributed by atoms with Crippen LogP contribution in [0.2, 0.25) is 0 Å². The van der Waals surface area contributed by atoms with Gasteiger partial charge < -0.3 is 9.13 Å². The van der Waals surface area contributed by atoms with E-state index in [-0.39, 0.29) is 5.56 Å². The van der Waals surface area contributed by atoms with E-state index in [1.54, 1.807) is 18.2 Å². The maximum absolute atomic E-state index is 15.0. The Morgan fingerprint density at radius 3 is 1.39 bits per heavy atom.